The predicted octanol–water partition coefficient (Wildman–Crippen LogP) is 5.67. The third-order valence-corrected chi connectivity index (χ3v) is 7.13. The van der Waals surface area contributed by atoms with E-state index in [2.05, 4.69) is 15.9 Å². The first-order valence-electron chi connectivity index (χ1n) is 10.8. The molecule has 0 aromatic heterocycles. The fraction of sp³-hybridized carbons (Fsp3) is 0.400. The number of carbonyl (C=O) groups excluding carboxylic acids is 3. The lowest BCUT2D eigenvalue weighted by Crippen LogP contribution is -2.43. The Hall–Kier alpha value is -2.03. The van der Waals surface area contributed by atoms with Crippen LogP contribution in [-0.2, 0) is 23.9 Å². The molecule has 1 heterocycles. The first-order chi connectivity index (χ1) is 16.0. The number of methoxy groups -OCH3 is 1. The van der Waals surface area contributed by atoms with Crippen LogP contribution >= 0.6 is 39.3 Å². The van der Waals surface area contributed by atoms with Crippen molar-refractivity contribution in [3.63, 3.8) is 0 Å². The molecule has 34 heavy (non-hydrogen) atoms. The molecule has 3 atom stereocenters. The highest BCUT2D eigenvalue weighted by Gasteiger charge is 2.51. The monoisotopic (exact) mass is 567 g/mol. The van der Waals surface area contributed by atoms with E-state index in [4.69, 9.17) is 21.1 Å². The Bertz CT molecular complexity index is 1040. The molecule has 1 aliphatic rings. The summed E-state index contributed by atoms with van der Waals surface area (Å²) in [5.41, 5.74) is 0.0413. The van der Waals surface area contributed by atoms with Gasteiger partial charge in [0, 0.05) is 14.4 Å². The van der Waals surface area contributed by atoms with Crippen molar-refractivity contribution >= 4 is 57.1 Å². The number of nitrogens with zero attached hydrogens (tertiary/aromatic N) is 1. The molecule has 6 nitrogen and oxygen atoms in total. The highest BCUT2D eigenvalue weighted by Crippen LogP contribution is 2.43. The molecule has 3 rings (SSSR count). The van der Waals surface area contributed by atoms with Crippen LogP contribution in [0.25, 0.3) is 0 Å². The van der Waals surface area contributed by atoms with Gasteiger partial charge in [-0.1, -0.05) is 39.7 Å². The minimum atomic E-state index is -0.894. The van der Waals surface area contributed by atoms with Crippen LogP contribution in [0.5, 0.6) is 0 Å². The van der Waals surface area contributed by atoms with E-state index < -0.39 is 35.5 Å². The van der Waals surface area contributed by atoms with Crippen molar-refractivity contribution in [2.24, 2.45) is 5.92 Å². The maximum Gasteiger partial charge on any atom is 0.328 e. The molecule has 2 aromatic carbocycles. The molecule has 9 heteroatoms. The molecule has 1 fully saturated rings. The van der Waals surface area contributed by atoms with Gasteiger partial charge >= 0.3 is 11.9 Å². The zero-order valence-corrected chi connectivity index (χ0v) is 22.6. The molecule has 1 amide bonds. The van der Waals surface area contributed by atoms with Gasteiger partial charge in [0.05, 0.1) is 24.8 Å². The Balaban J connectivity index is 1.96. The van der Waals surface area contributed by atoms with E-state index in [1.165, 1.54) is 23.8 Å². The number of ether oxygens (including phenoxy) is 2. The van der Waals surface area contributed by atoms with Crippen LogP contribution in [0.15, 0.2) is 57.9 Å². The highest BCUT2D eigenvalue weighted by molar-refractivity contribution is 9.10. The van der Waals surface area contributed by atoms with E-state index in [1.54, 1.807) is 32.9 Å². The molecule has 1 saturated heterocycles. The van der Waals surface area contributed by atoms with Gasteiger partial charge in [-0.15, -0.1) is 11.8 Å². The lowest BCUT2D eigenvalue weighted by molar-refractivity contribution is -0.161. The maximum absolute atomic E-state index is 13.5. The van der Waals surface area contributed by atoms with Gasteiger partial charge in [0.1, 0.15) is 11.6 Å². The summed E-state index contributed by atoms with van der Waals surface area (Å²) in [4.78, 5) is 41.8. The van der Waals surface area contributed by atoms with Crippen LogP contribution in [0.3, 0.4) is 0 Å². The molecule has 0 aliphatic carbocycles. The van der Waals surface area contributed by atoms with Gasteiger partial charge < -0.3 is 14.4 Å². The number of amides is 1. The number of rotatable bonds is 6. The summed E-state index contributed by atoms with van der Waals surface area (Å²) < 4.78 is 11.5. The second-order valence-corrected chi connectivity index (χ2v) is 11.4. The van der Waals surface area contributed by atoms with E-state index in [9.17, 15) is 14.4 Å². The zero-order valence-electron chi connectivity index (χ0n) is 19.4. The molecule has 2 aromatic rings. The van der Waals surface area contributed by atoms with Gasteiger partial charge in [-0.2, -0.15) is 0 Å². The number of carbonyl (C=O) groups is 3. The summed E-state index contributed by atoms with van der Waals surface area (Å²) in [5, 5.41) is 0.608. The minimum Gasteiger partial charge on any atom is -0.467 e. The normalized spacial score (nSPS) is 20.2. The smallest absolute Gasteiger partial charge is 0.328 e. The SMILES string of the molecule is COC(=O)[C@@H]1C[C@H](C(=O)OC(C)(C)C)[C@H](c2ccc(Br)cc2)N1C(=O)CSc1ccc(Cl)cc1. The molecule has 0 radical (unpaired) electrons. The van der Waals surface area contributed by atoms with E-state index in [-0.39, 0.29) is 18.1 Å². The van der Waals surface area contributed by atoms with Crippen molar-refractivity contribution < 1.29 is 23.9 Å². The van der Waals surface area contributed by atoms with Gasteiger partial charge in [-0.25, -0.2) is 4.79 Å². The zero-order chi connectivity index (χ0) is 25.0. The summed E-state index contributed by atoms with van der Waals surface area (Å²) in [6, 6.07) is 13.0. The third-order valence-electron chi connectivity index (χ3n) is 5.35. The van der Waals surface area contributed by atoms with Crippen LogP contribution in [0.1, 0.15) is 38.8 Å². The molecule has 182 valence electrons. The minimum absolute atomic E-state index is 0.0865. The van der Waals surface area contributed by atoms with Crippen molar-refractivity contribution in [2.45, 2.75) is 49.8 Å². The number of thioether (sulfide) groups is 1. The summed E-state index contributed by atoms with van der Waals surface area (Å²) in [6.07, 6.45) is 0.125. The van der Waals surface area contributed by atoms with Crippen LogP contribution in [0, 0.1) is 5.92 Å². The molecular weight excluding hydrogens is 542 g/mol. The van der Waals surface area contributed by atoms with Crippen LogP contribution in [0.2, 0.25) is 5.02 Å². The fourth-order valence-electron chi connectivity index (χ4n) is 3.95. The largest absolute Gasteiger partial charge is 0.467 e. The number of hydrogen-bond donors (Lipinski definition) is 0. The Morgan fingerprint density at radius 1 is 1.06 bits per heavy atom. The number of likely N-dealkylation sites (tertiary alicyclic amines) is 1. The number of benzene rings is 2. The molecule has 0 bridgehead atoms. The lowest BCUT2D eigenvalue weighted by atomic mass is 9.93. The van der Waals surface area contributed by atoms with Gasteiger partial charge in [0.25, 0.3) is 0 Å². The van der Waals surface area contributed by atoms with Gasteiger partial charge in [0.15, 0.2) is 0 Å². The Morgan fingerprint density at radius 3 is 2.24 bits per heavy atom. The van der Waals surface area contributed by atoms with Crippen LogP contribution < -0.4 is 0 Å². The summed E-state index contributed by atoms with van der Waals surface area (Å²) >= 11 is 10.7. The van der Waals surface area contributed by atoms with Gasteiger partial charge in [-0.3, -0.25) is 9.59 Å². The quantitative estimate of drug-likeness (QED) is 0.330. The standard InChI is InChI=1S/C25H27BrClNO5S/c1-25(2,3)33-23(30)19-13-20(24(31)32-4)28(22(19)15-5-7-16(26)8-6-15)21(29)14-34-18-11-9-17(27)10-12-18/h5-12,19-20,22H,13-14H2,1-4H3/t19-,20-,22-/m0/s1. The average molecular weight is 569 g/mol. The average Bonchev–Trinajstić information content (AvgIpc) is 3.18. The van der Waals surface area contributed by atoms with Crippen molar-refractivity contribution in [1.82, 2.24) is 4.90 Å². The summed E-state index contributed by atoms with van der Waals surface area (Å²) in [6.45, 7) is 5.37. The summed E-state index contributed by atoms with van der Waals surface area (Å²) in [7, 11) is 1.28. The van der Waals surface area contributed by atoms with Crippen molar-refractivity contribution in [2.75, 3.05) is 12.9 Å². The van der Waals surface area contributed by atoms with Crippen molar-refractivity contribution in [3.05, 3.63) is 63.6 Å². The second-order valence-electron chi connectivity index (χ2n) is 8.95. The predicted molar refractivity (Wildman–Crippen MR) is 136 cm³/mol. The topological polar surface area (TPSA) is 72.9 Å². The first kappa shape index (κ1) is 26.6. The molecule has 0 spiro atoms. The number of esters is 2. The fourth-order valence-corrected chi connectivity index (χ4v) is 5.11. The summed E-state index contributed by atoms with van der Waals surface area (Å²) in [5.74, 6) is -1.90. The Morgan fingerprint density at radius 2 is 1.68 bits per heavy atom. The van der Waals surface area contributed by atoms with Gasteiger partial charge in [-0.05, 0) is 69.2 Å². The van der Waals surface area contributed by atoms with Crippen molar-refractivity contribution in [3.8, 4) is 0 Å². The van der Waals surface area contributed by atoms with Gasteiger partial charge in [0.2, 0.25) is 5.91 Å². The number of halogens is 2. The number of hydrogen-bond acceptors (Lipinski definition) is 6. The van der Waals surface area contributed by atoms with Crippen LogP contribution in [-0.4, -0.2) is 47.3 Å². The van der Waals surface area contributed by atoms with Crippen molar-refractivity contribution in [1.29, 1.82) is 0 Å². The lowest BCUT2D eigenvalue weighted by Gasteiger charge is -2.31. The Kier molecular flexibility index (Phi) is 8.71. The highest BCUT2D eigenvalue weighted by atomic mass is 79.9. The third kappa shape index (κ3) is 6.55. The maximum atomic E-state index is 13.5. The van der Waals surface area contributed by atoms with Crippen LogP contribution in [0.4, 0.5) is 0 Å². The molecule has 1 aliphatic heterocycles. The molecule has 0 saturated carbocycles. The first-order valence-corrected chi connectivity index (χ1v) is 12.9. The molecular formula is C25H27BrClNO5S. The van der Waals surface area contributed by atoms with E-state index in [0.29, 0.717) is 5.02 Å². The van der Waals surface area contributed by atoms with E-state index in [1.807, 2.05) is 36.4 Å². The molecule has 0 N–H and O–H groups in total. The van der Waals surface area contributed by atoms with E-state index in [0.717, 1.165) is 14.9 Å². The Labute approximate surface area is 217 Å². The molecule has 0 unspecified atom stereocenters. The van der Waals surface area contributed by atoms with E-state index >= 15 is 0 Å². The second kappa shape index (κ2) is 11.1.